The predicted molar refractivity (Wildman–Crippen MR) is 98.5 cm³/mol. The zero-order valence-corrected chi connectivity index (χ0v) is 16.7. The molecule has 0 spiro atoms. The van der Waals surface area contributed by atoms with Crippen LogP contribution in [0.1, 0.15) is 41.0 Å². The average Bonchev–Trinajstić information content (AvgIpc) is 2.89. The predicted octanol–water partition coefficient (Wildman–Crippen LogP) is 0.671. The standard InChI is InChI=1S/C18H21NO9S/c1-3-27-17(22)14(18(23)28-4-2)9-11(29(24,25)26)10-19-15(20)12-7-5-6-8-13(12)16(19)21/h5-8,11,14H,3-4,9-10H2,1-2H3,(H,24,25,26). The number of amides is 2. The first-order chi connectivity index (χ1) is 13.6. The fourth-order valence-electron chi connectivity index (χ4n) is 2.94. The number of nitrogens with zero attached hydrogens (tertiary/aromatic N) is 1. The summed E-state index contributed by atoms with van der Waals surface area (Å²) in [7, 11) is -4.84. The molecule has 2 amide bonds. The van der Waals surface area contributed by atoms with Gasteiger partial charge in [-0.2, -0.15) is 8.42 Å². The molecule has 11 heteroatoms. The molecule has 1 heterocycles. The highest BCUT2D eigenvalue weighted by molar-refractivity contribution is 7.86. The lowest BCUT2D eigenvalue weighted by Gasteiger charge is -2.23. The molecule has 1 aromatic rings. The maximum absolute atomic E-state index is 12.5. The van der Waals surface area contributed by atoms with Gasteiger partial charge in [0.2, 0.25) is 0 Å². The Morgan fingerprint density at radius 2 is 1.45 bits per heavy atom. The minimum absolute atomic E-state index is 0.0658. The normalized spacial score (nSPS) is 14.7. The van der Waals surface area contributed by atoms with Crippen LogP contribution < -0.4 is 0 Å². The van der Waals surface area contributed by atoms with Crippen LogP contribution in [-0.4, -0.2) is 66.6 Å². The Hall–Kier alpha value is -2.79. The maximum Gasteiger partial charge on any atom is 0.320 e. The molecule has 1 unspecified atom stereocenters. The van der Waals surface area contributed by atoms with Gasteiger partial charge in [-0.25, -0.2) is 0 Å². The molecular formula is C18H21NO9S. The molecule has 1 N–H and O–H groups in total. The fourth-order valence-corrected chi connectivity index (χ4v) is 3.71. The number of fused-ring (bicyclic) bond motifs is 1. The number of rotatable bonds is 9. The molecule has 0 aromatic heterocycles. The lowest BCUT2D eigenvalue weighted by Crippen LogP contribution is -2.43. The minimum Gasteiger partial charge on any atom is -0.465 e. The zero-order chi connectivity index (χ0) is 21.8. The molecule has 29 heavy (non-hydrogen) atoms. The summed E-state index contributed by atoms with van der Waals surface area (Å²) in [5, 5.41) is -1.79. The molecule has 0 saturated heterocycles. The quantitative estimate of drug-likeness (QED) is 0.260. The molecule has 2 rings (SSSR count). The Labute approximate surface area is 167 Å². The summed E-state index contributed by atoms with van der Waals surface area (Å²) in [4.78, 5) is 49.8. The van der Waals surface area contributed by atoms with Crippen molar-refractivity contribution < 1.29 is 41.6 Å². The van der Waals surface area contributed by atoms with E-state index < -0.39 is 58.0 Å². The third-order valence-corrected chi connectivity index (χ3v) is 5.51. The van der Waals surface area contributed by atoms with Gasteiger partial charge in [0, 0.05) is 6.54 Å². The molecule has 1 aromatic carbocycles. The van der Waals surface area contributed by atoms with Crippen molar-refractivity contribution in [3.63, 3.8) is 0 Å². The second kappa shape index (κ2) is 9.14. The molecular weight excluding hydrogens is 406 g/mol. The third kappa shape index (κ3) is 4.98. The second-order valence-corrected chi connectivity index (χ2v) is 7.89. The lowest BCUT2D eigenvalue weighted by molar-refractivity contribution is -0.161. The highest BCUT2D eigenvalue weighted by Gasteiger charge is 2.42. The molecule has 1 atom stereocenters. The van der Waals surface area contributed by atoms with E-state index in [4.69, 9.17) is 9.47 Å². The summed E-state index contributed by atoms with van der Waals surface area (Å²) in [6.07, 6.45) is -0.718. The number of hydrogen-bond donors (Lipinski definition) is 1. The van der Waals surface area contributed by atoms with Gasteiger partial charge < -0.3 is 9.47 Å². The van der Waals surface area contributed by atoms with Crippen molar-refractivity contribution in [2.24, 2.45) is 5.92 Å². The first kappa shape index (κ1) is 22.5. The van der Waals surface area contributed by atoms with Crippen LogP contribution in [0, 0.1) is 5.92 Å². The molecule has 0 bridgehead atoms. The molecule has 0 fully saturated rings. The first-order valence-corrected chi connectivity index (χ1v) is 10.4. The molecule has 10 nitrogen and oxygen atoms in total. The number of carbonyl (C=O) groups is 4. The van der Waals surface area contributed by atoms with Crippen molar-refractivity contribution in [2.45, 2.75) is 25.5 Å². The van der Waals surface area contributed by atoms with E-state index in [1.807, 2.05) is 0 Å². The van der Waals surface area contributed by atoms with E-state index in [0.29, 0.717) is 4.90 Å². The fraction of sp³-hybridized carbons (Fsp3) is 0.444. The van der Waals surface area contributed by atoms with Crippen LogP contribution in [0.2, 0.25) is 0 Å². The summed E-state index contributed by atoms with van der Waals surface area (Å²) in [6, 6.07) is 5.92. The summed E-state index contributed by atoms with van der Waals surface area (Å²) in [5.74, 6) is -5.16. The summed E-state index contributed by atoms with van der Waals surface area (Å²) in [6.45, 7) is 2.13. The van der Waals surface area contributed by atoms with Gasteiger partial charge in [-0.05, 0) is 32.4 Å². The monoisotopic (exact) mass is 427 g/mol. The van der Waals surface area contributed by atoms with Crippen molar-refractivity contribution in [1.82, 2.24) is 4.90 Å². The van der Waals surface area contributed by atoms with Gasteiger partial charge in [-0.1, -0.05) is 12.1 Å². The van der Waals surface area contributed by atoms with Crippen LogP contribution in [0.15, 0.2) is 24.3 Å². The van der Waals surface area contributed by atoms with Gasteiger partial charge >= 0.3 is 11.9 Å². The van der Waals surface area contributed by atoms with Crippen LogP contribution >= 0.6 is 0 Å². The van der Waals surface area contributed by atoms with Crippen molar-refractivity contribution >= 4 is 33.9 Å². The summed E-state index contributed by atoms with van der Waals surface area (Å²) >= 11 is 0. The Morgan fingerprint density at radius 1 is 1.00 bits per heavy atom. The van der Waals surface area contributed by atoms with Gasteiger partial charge in [0.25, 0.3) is 21.9 Å². The molecule has 1 aliphatic heterocycles. The lowest BCUT2D eigenvalue weighted by atomic mass is 10.0. The second-order valence-electron chi connectivity index (χ2n) is 6.20. The Balaban J connectivity index is 2.30. The van der Waals surface area contributed by atoms with E-state index in [1.165, 1.54) is 26.0 Å². The first-order valence-electron chi connectivity index (χ1n) is 8.86. The van der Waals surface area contributed by atoms with Gasteiger partial charge in [-0.15, -0.1) is 0 Å². The number of imide groups is 1. The molecule has 0 aliphatic carbocycles. The maximum atomic E-state index is 12.5. The number of carbonyl (C=O) groups excluding carboxylic acids is 4. The van der Waals surface area contributed by atoms with E-state index in [9.17, 15) is 32.1 Å². The zero-order valence-electron chi connectivity index (χ0n) is 15.9. The van der Waals surface area contributed by atoms with Crippen molar-refractivity contribution in [2.75, 3.05) is 19.8 Å². The molecule has 1 aliphatic rings. The third-order valence-electron chi connectivity index (χ3n) is 4.33. The Bertz CT molecular complexity index is 872. The van der Waals surface area contributed by atoms with Gasteiger partial charge in [0.15, 0.2) is 5.92 Å². The highest BCUT2D eigenvalue weighted by atomic mass is 32.2. The minimum atomic E-state index is -4.84. The number of benzene rings is 1. The van der Waals surface area contributed by atoms with E-state index in [-0.39, 0.29) is 24.3 Å². The summed E-state index contributed by atoms with van der Waals surface area (Å²) < 4.78 is 43.0. The highest BCUT2D eigenvalue weighted by Crippen LogP contribution is 2.25. The van der Waals surface area contributed by atoms with Crippen molar-refractivity contribution in [3.8, 4) is 0 Å². The van der Waals surface area contributed by atoms with Gasteiger partial charge in [0.1, 0.15) is 5.25 Å². The number of ether oxygens (including phenoxy) is 2. The van der Waals surface area contributed by atoms with Crippen molar-refractivity contribution in [3.05, 3.63) is 35.4 Å². The summed E-state index contributed by atoms with van der Waals surface area (Å²) in [5.41, 5.74) is 0.192. The molecule has 158 valence electrons. The van der Waals surface area contributed by atoms with Gasteiger partial charge in [-0.3, -0.25) is 28.6 Å². The van der Waals surface area contributed by atoms with Crippen LogP contribution in [0.25, 0.3) is 0 Å². The van der Waals surface area contributed by atoms with Gasteiger partial charge in [0.05, 0.1) is 24.3 Å². The smallest absolute Gasteiger partial charge is 0.320 e. The molecule has 0 saturated carbocycles. The molecule has 0 radical (unpaired) electrons. The largest absolute Gasteiger partial charge is 0.465 e. The van der Waals surface area contributed by atoms with Crippen LogP contribution in [0.4, 0.5) is 0 Å². The van der Waals surface area contributed by atoms with E-state index >= 15 is 0 Å². The Morgan fingerprint density at radius 3 is 1.83 bits per heavy atom. The SMILES string of the molecule is CCOC(=O)C(CC(CN1C(=O)c2ccccc2C1=O)S(=O)(=O)O)C(=O)OCC. The van der Waals surface area contributed by atoms with Crippen LogP contribution in [-0.2, 0) is 29.2 Å². The van der Waals surface area contributed by atoms with E-state index in [1.54, 1.807) is 12.1 Å². The van der Waals surface area contributed by atoms with Crippen molar-refractivity contribution in [1.29, 1.82) is 0 Å². The van der Waals surface area contributed by atoms with Crippen LogP contribution in [0.3, 0.4) is 0 Å². The number of hydrogen-bond acceptors (Lipinski definition) is 8. The topological polar surface area (TPSA) is 144 Å². The van der Waals surface area contributed by atoms with Crippen LogP contribution in [0.5, 0.6) is 0 Å². The number of esters is 2. The van der Waals surface area contributed by atoms with E-state index in [2.05, 4.69) is 0 Å². The van der Waals surface area contributed by atoms with E-state index in [0.717, 1.165) is 0 Å². The Kier molecular flexibility index (Phi) is 7.09. The average molecular weight is 427 g/mol.